The summed E-state index contributed by atoms with van der Waals surface area (Å²) in [5, 5.41) is 0. The molecule has 0 spiro atoms. The predicted molar refractivity (Wildman–Crippen MR) is 24.8 cm³/mol. The molecule has 0 bridgehead atoms. The van der Waals surface area contributed by atoms with Crippen LogP contribution in [-0.2, 0) is 4.79 Å². The fourth-order valence-electron chi connectivity index (χ4n) is 0.0680. The Kier molecular flexibility index (Phi) is 2.73. The van der Waals surface area contributed by atoms with Crippen LogP contribution in [-0.4, -0.2) is 6.29 Å². The molecular formula is C5H8O. The van der Waals surface area contributed by atoms with Gasteiger partial charge in [0.15, 0.2) is 0 Å². The van der Waals surface area contributed by atoms with Crippen molar-refractivity contribution >= 4 is 6.29 Å². The molecule has 0 fully saturated rings. The first kappa shape index (κ1) is 5.67. The number of carbonyl (C=O) groups excluding carboxylic acids is 1. The molecular weight excluding hydrogens is 76.1 g/mol. The molecule has 0 heterocycles. The van der Waals surface area contributed by atoms with Crippen molar-refractivity contribution in [3.05, 3.63) is 6.42 Å². The van der Waals surface area contributed by atoms with Crippen molar-refractivity contribution in [2.45, 2.75) is 13.8 Å². The van der Waals surface area contributed by atoms with E-state index in [1.165, 1.54) is 0 Å². The van der Waals surface area contributed by atoms with E-state index in [9.17, 15) is 4.79 Å². The van der Waals surface area contributed by atoms with Crippen LogP contribution in [0.25, 0.3) is 0 Å². The molecule has 34 valence electrons. The van der Waals surface area contributed by atoms with Gasteiger partial charge in [0.1, 0.15) is 0 Å². The fraction of sp³-hybridized carbons (Fsp3) is 0.600. The lowest BCUT2D eigenvalue weighted by molar-refractivity contribution is 0.539. The maximum Gasteiger partial charge on any atom is 0.201 e. The Bertz CT molecular complexity index is 41.2. The highest BCUT2D eigenvalue weighted by molar-refractivity contribution is 5.55. The summed E-state index contributed by atoms with van der Waals surface area (Å²) in [7, 11) is 0. The van der Waals surface area contributed by atoms with Crippen LogP contribution in [0.15, 0.2) is 0 Å². The first-order valence-electron chi connectivity index (χ1n) is 1.98. The summed E-state index contributed by atoms with van der Waals surface area (Å²) in [5.74, 6) is 0.00463. The van der Waals surface area contributed by atoms with Crippen molar-refractivity contribution in [3.8, 4) is 0 Å². The molecule has 0 aliphatic heterocycles. The summed E-state index contributed by atoms with van der Waals surface area (Å²) < 4.78 is 0. The number of hydrogen-bond donors (Lipinski definition) is 0. The Hall–Kier alpha value is -0.330. The Labute approximate surface area is 38.4 Å². The van der Waals surface area contributed by atoms with Crippen LogP contribution in [0, 0.1) is 12.3 Å². The fourth-order valence-corrected chi connectivity index (χ4v) is 0.0680. The van der Waals surface area contributed by atoms with E-state index in [1.54, 1.807) is 13.3 Å². The zero-order valence-electron chi connectivity index (χ0n) is 4.06. The molecule has 0 N–H and O–H groups in total. The molecule has 0 aromatic heterocycles. The summed E-state index contributed by atoms with van der Waals surface area (Å²) in [5.41, 5.74) is 0. The predicted octanol–water partition coefficient (Wildman–Crippen LogP) is 0.956. The highest BCUT2D eigenvalue weighted by Crippen LogP contribution is 1.90. The van der Waals surface area contributed by atoms with Crippen LogP contribution in [0.2, 0.25) is 0 Å². The average molecular weight is 84.1 g/mol. The maximum atomic E-state index is 9.58. The Balaban J connectivity index is 2.96. The molecule has 0 aliphatic carbocycles. The largest absolute Gasteiger partial charge is 0.291 e. The summed E-state index contributed by atoms with van der Waals surface area (Å²) in [6, 6.07) is 0. The molecule has 1 heteroatoms. The monoisotopic (exact) mass is 84.1 g/mol. The van der Waals surface area contributed by atoms with Crippen molar-refractivity contribution in [1.82, 2.24) is 0 Å². The summed E-state index contributed by atoms with van der Waals surface area (Å²) >= 11 is 0. The van der Waals surface area contributed by atoms with Gasteiger partial charge in [0.05, 0.1) is 0 Å². The molecule has 1 nitrogen and oxygen atoms in total. The van der Waals surface area contributed by atoms with E-state index in [4.69, 9.17) is 0 Å². The first-order valence-corrected chi connectivity index (χ1v) is 1.98. The second-order valence-corrected chi connectivity index (χ2v) is 1.24. The van der Waals surface area contributed by atoms with E-state index in [0.29, 0.717) is 0 Å². The van der Waals surface area contributed by atoms with Gasteiger partial charge in [-0.3, -0.25) is 4.79 Å². The molecule has 0 amide bonds. The summed E-state index contributed by atoms with van der Waals surface area (Å²) in [6.45, 7) is 3.64. The molecule has 0 saturated heterocycles. The minimum Gasteiger partial charge on any atom is -0.291 e. The van der Waals surface area contributed by atoms with Crippen molar-refractivity contribution in [1.29, 1.82) is 0 Å². The third kappa shape index (κ3) is 1.94. The molecule has 1 atom stereocenters. The molecule has 1 unspecified atom stereocenters. The van der Waals surface area contributed by atoms with E-state index in [-0.39, 0.29) is 5.92 Å². The Morgan fingerprint density at radius 3 is 2.33 bits per heavy atom. The first-order chi connectivity index (χ1) is 2.81. The van der Waals surface area contributed by atoms with Crippen LogP contribution in [0.5, 0.6) is 0 Å². The highest BCUT2D eigenvalue weighted by atomic mass is 16.1. The highest BCUT2D eigenvalue weighted by Gasteiger charge is 1.91. The maximum absolute atomic E-state index is 9.58. The normalized spacial score (nSPS) is 13.7. The molecule has 2 radical (unpaired) electrons. The van der Waals surface area contributed by atoms with Gasteiger partial charge in [0.25, 0.3) is 0 Å². The van der Waals surface area contributed by atoms with Crippen LogP contribution >= 0.6 is 0 Å². The Morgan fingerprint density at radius 2 is 2.33 bits per heavy atom. The van der Waals surface area contributed by atoms with E-state index < -0.39 is 0 Å². The number of hydrogen-bond acceptors (Lipinski definition) is 1. The quantitative estimate of drug-likeness (QED) is 0.487. The van der Waals surface area contributed by atoms with Gasteiger partial charge in [0, 0.05) is 5.92 Å². The standard InChI is InChI=1S/C5H8O/c1-3-5(2)4-6/h3,5H,1-2H3. The molecule has 0 aromatic rings. The van der Waals surface area contributed by atoms with Gasteiger partial charge in [-0.25, -0.2) is 0 Å². The summed E-state index contributed by atoms with van der Waals surface area (Å²) in [6.07, 6.45) is 3.61. The van der Waals surface area contributed by atoms with Gasteiger partial charge in [-0.15, -0.1) is 0 Å². The summed E-state index contributed by atoms with van der Waals surface area (Å²) in [4.78, 5) is 9.58. The molecule has 0 aliphatic rings. The second-order valence-electron chi connectivity index (χ2n) is 1.24. The van der Waals surface area contributed by atoms with E-state index >= 15 is 0 Å². The van der Waals surface area contributed by atoms with Gasteiger partial charge in [0.2, 0.25) is 6.29 Å². The molecule has 0 saturated carbocycles. The van der Waals surface area contributed by atoms with Gasteiger partial charge >= 0.3 is 0 Å². The van der Waals surface area contributed by atoms with Crippen LogP contribution in [0.4, 0.5) is 0 Å². The van der Waals surface area contributed by atoms with Crippen molar-refractivity contribution in [2.24, 2.45) is 5.92 Å². The average Bonchev–Trinajstić information content (AvgIpc) is 1.65. The van der Waals surface area contributed by atoms with Crippen molar-refractivity contribution in [3.63, 3.8) is 0 Å². The topological polar surface area (TPSA) is 17.1 Å². The third-order valence-corrected chi connectivity index (χ3v) is 0.686. The lowest BCUT2D eigenvalue weighted by atomic mass is 10.2. The van der Waals surface area contributed by atoms with Gasteiger partial charge in [-0.2, -0.15) is 0 Å². The molecule has 0 aromatic carbocycles. The zero-order valence-corrected chi connectivity index (χ0v) is 4.06. The Morgan fingerprint density at radius 1 is 1.83 bits per heavy atom. The van der Waals surface area contributed by atoms with E-state index in [2.05, 4.69) is 0 Å². The minimum absolute atomic E-state index is 0.00463. The molecule has 0 rings (SSSR count). The lowest BCUT2D eigenvalue weighted by Crippen LogP contribution is -1.90. The van der Waals surface area contributed by atoms with Crippen LogP contribution in [0.1, 0.15) is 13.8 Å². The second kappa shape index (κ2) is 2.88. The zero-order chi connectivity index (χ0) is 4.99. The SMILES string of the molecule is C[CH]C(C)[C]=O. The van der Waals surface area contributed by atoms with Gasteiger partial charge in [-0.1, -0.05) is 13.8 Å². The number of rotatable bonds is 2. The minimum atomic E-state index is 0.00463. The molecule has 6 heavy (non-hydrogen) atoms. The van der Waals surface area contributed by atoms with E-state index in [0.717, 1.165) is 0 Å². The van der Waals surface area contributed by atoms with Crippen LogP contribution in [0.3, 0.4) is 0 Å². The van der Waals surface area contributed by atoms with Crippen LogP contribution < -0.4 is 0 Å². The van der Waals surface area contributed by atoms with E-state index in [1.807, 2.05) is 13.2 Å². The van der Waals surface area contributed by atoms with Gasteiger partial charge < -0.3 is 0 Å². The van der Waals surface area contributed by atoms with Crippen molar-refractivity contribution < 1.29 is 4.79 Å². The van der Waals surface area contributed by atoms with Crippen molar-refractivity contribution in [2.75, 3.05) is 0 Å². The lowest BCUT2D eigenvalue weighted by Gasteiger charge is -1.87. The third-order valence-electron chi connectivity index (χ3n) is 0.686. The smallest absolute Gasteiger partial charge is 0.201 e. The van der Waals surface area contributed by atoms with Gasteiger partial charge in [-0.05, 0) is 6.42 Å².